The molecule has 0 heterocycles. The maximum absolute atomic E-state index is 12.5. The average Bonchev–Trinajstić information content (AvgIpc) is 2.54. The highest BCUT2D eigenvalue weighted by atomic mass is 16.4. The van der Waals surface area contributed by atoms with Crippen molar-refractivity contribution in [3.05, 3.63) is 71.3 Å². The molecule has 0 aliphatic rings. The molecule has 2 rings (SSSR count). The topological polar surface area (TPSA) is 91.7 Å². The Morgan fingerprint density at radius 2 is 1.43 bits per heavy atom. The predicted octanol–water partition coefficient (Wildman–Crippen LogP) is 1.65. The SMILES string of the molecule is O=CC(O)(C(=O)c1ccccc1C(=O)O)c1ccccc1. The number of carboxylic acid groups (broad SMARTS) is 1. The van der Waals surface area contributed by atoms with Crippen LogP contribution >= 0.6 is 0 Å². The fourth-order valence-electron chi connectivity index (χ4n) is 2.02. The molecule has 21 heavy (non-hydrogen) atoms. The normalized spacial score (nSPS) is 13.2. The Labute approximate surface area is 120 Å². The summed E-state index contributed by atoms with van der Waals surface area (Å²) in [5.41, 5.74) is -2.81. The smallest absolute Gasteiger partial charge is 0.336 e. The van der Waals surface area contributed by atoms with Gasteiger partial charge in [-0.3, -0.25) is 9.59 Å². The van der Waals surface area contributed by atoms with E-state index in [0.29, 0.717) is 0 Å². The lowest BCUT2D eigenvalue weighted by Gasteiger charge is -2.21. The number of hydrogen-bond donors (Lipinski definition) is 2. The summed E-state index contributed by atoms with van der Waals surface area (Å²) in [7, 11) is 0. The maximum Gasteiger partial charge on any atom is 0.336 e. The Balaban J connectivity index is 2.57. The summed E-state index contributed by atoms with van der Waals surface area (Å²) in [6.07, 6.45) is 0.114. The minimum Gasteiger partial charge on any atom is -0.478 e. The third-order valence-electron chi connectivity index (χ3n) is 3.13. The van der Waals surface area contributed by atoms with Crippen LogP contribution in [-0.2, 0) is 10.4 Å². The van der Waals surface area contributed by atoms with Gasteiger partial charge < -0.3 is 10.2 Å². The minimum absolute atomic E-state index is 0.0881. The number of hydrogen-bond acceptors (Lipinski definition) is 4. The summed E-state index contributed by atoms with van der Waals surface area (Å²) in [4.78, 5) is 34.9. The van der Waals surface area contributed by atoms with Gasteiger partial charge >= 0.3 is 5.97 Å². The molecule has 0 aliphatic heterocycles. The van der Waals surface area contributed by atoms with Gasteiger partial charge in [0.2, 0.25) is 11.4 Å². The zero-order valence-electron chi connectivity index (χ0n) is 10.9. The number of carbonyl (C=O) groups is 3. The molecular formula is C16H12O5. The van der Waals surface area contributed by atoms with Crippen LogP contribution in [0.15, 0.2) is 54.6 Å². The van der Waals surface area contributed by atoms with Crippen LogP contribution in [0.1, 0.15) is 26.3 Å². The van der Waals surface area contributed by atoms with Gasteiger partial charge in [0.15, 0.2) is 6.29 Å². The van der Waals surface area contributed by atoms with Crippen LogP contribution in [0.2, 0.25) is 0 Å². The van der Waals surface area contributed by atoms with Crippen molar-refractivity contribution in [1.82, 2.24) is 0 Å². The Morgan fingerprint density at radius 1 is 0.905 bits per heavy atom. The summed E-state index contributed by atoms with van der Waals surface area (Å²) in [6, 6.07) is 13.1. The highest BCUT2D eigenvalue weighted by Gasteiger charge is 2.39. The molecule has 1 unspecified atom stereocenters. The molecular weight excluding hydrogens is 272 g/mol. The Bertz CT molecular complexity index is 693. The first-order chi connectivity index (χ1) is 10.0. The number of aliphatic hydroxyl groups is 1. The van der Waals surface area contributed by atoms with Crippen molar-refractivity contribution in [3.63, 3.8) is 0 Å². The molecule has 2 aromatic rings. The van der Waals surface area contributed by atoms with Gasteiger partial charge in [0.25, 0.3) is 0 Å². The van der Waals surface area contributed by atoms with Crippen molar-refractivity contribution in [2.24, 2.45) is 0 Å². The summed E-state index contributed by atoms with van der Waals surface area (Å²) in [5, 5.41) is 19.5. The zero-order valence-corrected chi connectivity index (χ0v) is 10.9. The quantitative estimate of drug-likeness (QED) is 0.495. The van der Waals surface area contributed by atoms with Crippen LogP contribution in [0.25, 0.3) is 0 Å². The number of aromatic carboxylic acids is 1. The van der Waals surface area contributed by atoms with Crippen molar-refractivity contribution < 1.29 is 24.6 Å². The third kappa shape index (κ3) is 2.59. The largest absolute Gasteiger partial charge is 0.478 e. The van der Waals surface area contributed by atoms with Gasteiger partial charge in [-0.1, -0.05) is 48.5 Å². The van der Waals surface area contributed by atoms with E-state index in [1.165, 1.54) is 36.4 Å². The lowest BCUT2D eigenvalue weighted by atomic mass is 9.85. The second-order valence-corrected chi connectivity index (χ2v) is 4.43. The Kier molecular flexibility index (Phi) is 3.95. The molecule has 5 nitrogen and oxygen atoms in total. The van der Waals surface area contributed by atoms with Crippen LogP contribution in [0.3, 0.4) is 0 Å². The van der Waals surface area contributed by atoms with E-state index in [-0.39, 0.29) is 23.0 Å². The van der Waals surface area contributed by atoms with E-state index in [0.717, 1.165) is 0 Å². The maximum atomic E-state index is 12.5. The highest BCUT2D eigenvalue weighted by Crippen LogP contribution is 2.25. The number of benzene rings is 2. The van der Waals surface area contributed by atoms with Crippen LogP contribution in [0.5, 0.6) is 0 Å². The molecule has 0 fully saturated rings. The lowest BCUT2D eigenvalue weighted by Crippen LogP contribution is -2.38. The van der Waals surface area contributed by atoms with Gasteiger partial charge in [-0.2, -0.15) is 0 Å². The summed E-state index contributed by atoms with van der Waals surface area (Å²) >= 11 is 0. The van der Waals surface area contributed by atoms with E-state index in [1.807, 2.05) is 0 Å². The molecule has 0 aliphatic carbocycles. The second kappa shape index (κ2) is 5.68. The van der Waals surface area contributed by atoms with Gasteiger partial charge in [-0.15, -0.1) is 0 Å². The number of carboxylic acids is 1. The van der Waals surface area contributed by atoms with Crippen molar-refractivity contribution >= 4 is 18.0 Å². The number of carbonyl (C=O) groups excluding carboxylic acids is 2. The molecule has 2 N–H and O–H groups in total. The first-order valence-corrected chi connectivity index (χ1v) is 6.12. The van der Waals surface area contributed by atoms with Crippen LogP contribution < -0.4 is 0 Å². The van der Waals surface area contributed by atoms with Crippen molar-refractivity contribution in [2.75, 3.05) is 0 Å². The van der Waals surface area contributed by atoms with Gasteiger partial charge in [-0.25, -0.2) is 4.79 Å². The fraction of sp³-hybridized carbons (Fsp3) is 0.0625. The van der Waals surface area contributed by atoms with Crippen molar-refractivity contribution in [3.8, 4) is 0 Å². The lowest BCUT2D eigenvalue weighted by molar-refractivity contribution is -0.120. The van der Waals surface area contributed by atoms with E-state index in [1.54, 1.807) is 18.2 Å². The molecule has 0 saturated heterocycles. The van der Waals surface area contributed by atoms with Gasteiger partial charge in [-0.05, 0) is 11.6 Å². The van der Waals surface area contributed by atoms with E-state index in [2.05, 4.69) is 0 Å². The number of ketones is 1. The van der Waals surface area contributed by atoms with Crippen LogP contribution in [0.4, 0.5) is 0 Å². The Hall–Kier alpha value is -2.79. The second-order valence-electron chi connectivity index (χ2n) is 4.43. The van der Waals surface area contributed by atoms with E-state index in [4.69, 9.17) is 5.11 Å². The van der Waals surface area contributed by atoms with Gasteiger partial charge in [0.05, 0.1) is 5.56 Å². The average molecular weight is 284 g/mol. The van der Waals surface area contributed by atoms with Crippen molar-refractivity contribution in [2.45, 2.75) is 5.60 Å². The van der Waals surface area contributed by atoms with Crippen LogP contribution in [-0.4, -0.2) is 28.3 Å². The first-order valence-electron chi connectivity index (χ1n) is 6.12. The Morgan fingerprint density at radius 3 is 1.95 bits per heavy atom. The molecule has 0 saturated carbocycles. The third-order valence-corrected chi connectivity index (χ3v) is 3.13. The molecule has 106 valence electrons. The number of Topliss-reactive ketones (excluding diaryl/α,β-unsaturated/α-hetero) is 1. The number of rotatable bonds is 5. The molecule has 0 spiro atoms. The predicted molar refractivity (Wildman–Crippen MR) is 74.1 cm³/mol. The van der Waals surface area contributed by atoms with Crippen molar-refractivity contribution in [1.29, 1.82) is 0 Å². The zero-order chi connectivity index (χ0) is 15.5. The molecule has 1 atom stereocenters. The molecule has 0 amide bonds. The van der Waals surface area contributed by atoms with Gasteiger partial charge in [0.1, 0.15) is 0 Å². The minimum atomic E-state index is -2.41. The molecule has 0 bridgehead atoms. The summed E-state index contributed by atoms with van der Waals surface area (Å²) < 4.78 is 0. The highest BCUT2D eigenvalue weighted by molar-refractivity contribution is 6.15. The van der Waals surface area contributed by atoms with Gasteiger partial charge in [0, 0.05) is 5.56 Å². The molecule has 5 heteroatoms. The van der Waals surface area contributed by atoms with E-state index < -0.39 is 17.4 Å². The van der Waals surface area contributed by atoms with E-state index in [9.17, 15) is 19.5 Å². The van der Waals surface area contributed by atoms with Crippen LogP contribution in [0, 0.1) is 0 Å². The fourth-order valence-corrected chi connectivity index (χ4v) is 2.02. The van der Waals surface area contributed by atoms with E-state index >= 15 is 0 Å². The monoisotopic (exact) mass is 284 g/mol. The standard InChI is InChI=1S/C16H12O5/c17-10-16(21,11-6-2-1-3-7-11)14(18)12-8-4-5-9-13(12)15(19)20/h1-10,21H,(H,19,20). The first kappa shape index (κ1) is 14.6. The number of aldehydes is 1. The summed E-state index contributed by atoms with van der Waals surface area (Å²) in [5.74, 6) is -2.28. The summed E-state index contributed by atoms with van der Waals surface area (Å²) in [6.45, 7) is 0. The molecule has 0 aromatic heterocycles. The molecule has 2 aromatic carbocycles. The molecule has 0 radical (unpaired) electrons.